The number of aryl methyl sites for hydroxylation is 1. The fourth-order valence-electron chi connectivity index (χ4n) is 2.30. The van der Waals surface area contributed by atoms with Crippen LogP contribution in [0.3, 0.4) is 0 Å². The number of hydrogen-bond donors (Lipinski definition) is 0. The van der Waals surface area contributed by atoms with E-state index in [1.165, 1.54) is 27.2 Å². The lowest BCUT2D eigenvalue weighted by molar-refractivity contribution is -0.126. The van der Waals surface area contributed by atoms with Gasteiger partial charge in [0.25, 0.3) is 5.91 Å². The van der Waals surface area contributed by atoms with Crippen LogP contribution in [-0.4, -0.2) is 32.0 Å². The zero-order valence-electron chi connectivity index (χ0n) is 15.8. The van der Waals surface area contributed by atoms with Gasteiger partial charge in [0.2, 0.25) is 6.04 Å². The predicted molar refractivity (Wildman–Crippen MR) is 108 cm³/mol. The monoisotopic (exact) mass is 423 g/mol. The van der Waals surface area contributed by atoms with Crippen LogP contribution in [0.1, 0.15) is 12.5 Å². The van der Waals surface area contributed by atoms with Gasteiger partial charge in [-0.1, -0.05) is 17.7 Å². The first-order valence-corrected chi connectivity index (χ1v) is 8.89. The van der Waals surface area contributed by atoms with Crippen molar-refractivity contribution in [3.05, 3.63) is 47.0 Å². The molecule has 2 rings (SSSR count). The average molecular weight is 424 g/mol. The number of ketones is 1. The molecule has 148 valence electrons. The number of carbonyl (C=O) groups excluding carboxylic acids is 2. The summed E-state index contributed by atoms with van der Waals surface area (Å²) >= 11 is 12.3. The molecule has 0 saturated carbocycles. The molecule has 0 bridgehead atoms. The molecule has 0 saturated heterocycles. The fourth-order valence-corrected chi connectivity index (χ4v) is 2.68. The molecule has 0 N–H and O–H groups in total. The number of benzene rings is 2. The topological polar surface area (TPSA) is 80.6 Å². The molecule has 0 aliphatic rings. The van der Waals surface area contributed by atoms with E-state index in [0.717, 1.165) is 9.98 Å². The molecule has 28 heavy (non-hydrogen) atoms. The average Bonchev–Trinajstić information content (AvgIpc) is 2.69. The van der Waals surface area contributed by atoms with E-state index in [1.54, 1.807) is 24.3 Å². The Morgan fingerprint density at radius 2 is 1.82 bits per heavy atom. The van der Waals surface area contributed by atoms with Gasteiger partial charge in [-0.25, -0.2) is 4.42 Å². The normalized spacial score (nSPS) is 11.9. The lowest BCUT2D eigenvalue weighted by atomic mass is 10.2. The van der Waals surface area contributed by atoms with E-state index in [1.807, 2.05) is 13.0 Å². The van der Waals surface area contributed by atoms with Gasteiger partial charge in [0.05, 0.1) is 19.2 Å². The highest BCUT2D eigenvalue weighted by molar-refractivity contribution is 6.39. The summed E-state index contributed by atoms with van der Waals surface area (Å²) in [6, 6.07) is 8.47. The molecular weight excluding hydrogens is 405 g/mol. The minimum absolute atomic E-state index is 0.212. The largest absolute Gasteiger partial charge is 0.497 e. The summed E-state index contributed by atoms with van der Waals surface area (Å²) in [6.07, 6.45) is 0. The lowest BCUT2D eigenvalue weighted by Crippen LogP contribution is -2.36. The van der Waals surface area contributed by atoms with Gasteiger partial charge in [0.15, 0.2) is 5.78 Å². The Labute approximate surface area is 173 Å². The molecular formula is C19H19Cl2N3O4. The fraction of sp³-hybridized carbons (Fsp3) is 0.263. The number of ether oxygens (including phenoxy) is 2. The zero-order chi connectivity index (χ0) is 20.8. The van der Waals surface area contributed by atoms with E-state index < -0.39 is 17.7 Å². The summed E-state index contributed by atoms with van der Waals surface area (Å²) in [6.45, 7) is 3.09. The van der Waals surface area contributed by atoms with Crippen LogP contribution in [0.25, 0.3) is 0 Å². The van der Waals surface area contributed by atoms with Crippen molar-refractivity contribution in [2.24, 2.45) is 10.2 Å². The Balaban J connectivity index is 2.36. The van der Waals surface area contributed by atoms with Crippen LogP contribution >= 0.6 is 23.4 Å². The van der Waals surface area contributed by atoms with Crippen molar-refractivity contribution in [2.45, 2.75) is 19.9 Å². The van der Waals surface area contributed by atoms with Crippen molar-refractivity contribution in [1.82, 2.24) is 0 Å². The van der Waals surface area contributed by atoms with E-state index >= 15 is 0 Å². The van der Waals surface area contributed by atoms with Crippen molar-refractivity contribution in [3.63, 3.8) is 0 Å². The van der Waals surface area contributed by atoms with Crippen molar-refractivity contribution in [1.29, 1.82) is 0 Å². The number of hydrogen-bond acceptors (Lipinski definition) is 6. The first-order valence-electron chi connectivity index (χ1n) is 8.17. The van der Waals surface area contributed by atoms with Crippen molar-refractivity contribution < 1.29 is 19.1 Å². The second-order valence-corrected chi connectivity index (χ2v) is 6.59. The first kappa shape index (κ1) is 21.7. The van der Waals surface area contributed by atoms with Crippen molar-refractivity contribution >= 4 is 46.4 Å². The number of amides is 1. The molecule has 1 unspecified atom stereocenters. The molecule has 0 spiro atoms. The van der Waals surface area contributed by atoms with Crippen molar-refractivity contribution in [3.8, 4) is 11.5 Å². The molecule has 0 aliphatic carbocycles. The van der Waals surface area contributed by atoms with E-state index in [9.17, 15) is 9.59 Å². The minimum Gasteiger partial charge on any atom is -0.497 e. The Kier molecular flexibility index (Phi) is 7.37. The number of Topliss-reactive ketones (excluding diaryl/α,β-unsaturated/α-hetero) is 1. The van der Waals surface area contributed by atoms with Crippen LogP contribution < -0.4 is 13.9 Å². The van der Waals surface area contributed by atoms with E-state index in [2.05, 4.69) is 10.2 Å². The molecule has 1 amide bonds. The molecule has 2 aromatic carbocycles. The van der Waals surface area contributed by atoms with Crippen LogP contribution in [0.15, 0.2) is 46.6 Å². The molecule has 0 radical (unpaired) electrons. The van der Waals surface area contributed by atoms with Gasteiger partial charge < -0.3 is 9.47 Å². The maximum Gasteiger partial charge on any atom is 0.276 e. The molecule has 9 heteroatoms. The van der Waals surface area contributed by atoms with Gasteiger partial charge in [-0.05, 0) is 43.7 Å². The second kappa shape index (κ2) is 9.52. The second-order valence-electron chi connectivity index (χ2n) is 5.84. The summed E-state index contributed by atoms with van der Waals surface area (Å²) in [5.74, 6) is -0.523. The quantitative estimate of drug-likeness (QED) is 0.360. The van der Waals surface area contributed by atoms with E-state index in [-0.39, 0.29) is 5.69 Å². The smallest absolute Gasteiger partial charge is 0.276 e. The maximum atomic E-state index is 12.8. The third kappa shape index (κ3) is 4.99. The van der Waals surface area contributed by atoms with Gasteiger partial charge in [-0.15, -0.1) is 0 Å². The Bertz CT molecular complexity index is 918. The number of methoxy groups -OCH3 is 2. The summed E-state index contributed by atoms with van der Waals surface area (Å²) in [7, 11) is 2.91. The summed E-state index contributed by atoms with van der Waals surface area (Å²) in [5.41, 5.74) is 1.47. The number of nitrogens with zero attached hydrogens (tertiary/aromatic N) is 3. The minimum atomic E-state index is -1.44. The van der Waals surface area contributed by atoms with Crippen LogP contribution in [-0.2, 0) is 9.59 Å². The highest BCUT2D eigenvalue weighted by Crippen LogP contribution is 2.34. The van der Waals surface area contributed by atoms with Crippen LogP contribution in [0, 0.1) is 6.92 Å². The first-order chi connectivity index (χ1) is 13.3. The SMILES string of the molecule is COc1ccc(OC)c(N(Cl)C(=O)C(N=Nc2cc(C)ccc2Cl)C(C)=O)c1. The molecule has 0 aromatic heterocycles. The summed E-state index contributed by atoms with van der Waals surface area (Å²) in [5, 5.41) is 8.20. The summed E-state index contributed by atoms with van der Waals surface area (Å²) < 4.78 is 11.1. The number of azo groups is 1. The molecule has 0 fully saturated rings. The van der Waals surface area contributed by atoms with Gasteiger partial charge >= 0.3 is 0 Å². The van der Waals surface area contributed by atoms with Gasteiger partial charge in [-0.3, -0.25) is 9.59 Å². The van der Waals surface area contributed by atoms with Crippen LogP contribution in [0.5, 0.6) is 11.5 Å². The van der Waals surface area contributed by atoms with Crippen LogP contribution in [0.4, 0.5) is 11.4 Å². The Morgan fingerprint density at radius 1 is 1.11 bits per heavy atom. The molecule has 0 heterocycles. The van der Waals surface area contributed by atoms with E-state index in [4.69, 9.17) is 32.9 Å². The number of anilines is 1. The maximum absolute atomic E-state index is 12.8. The van der Waals surface area contributed by atoms with Crippen LogP contribution in [0.2, 0.25) is 5.02 Å². The van der Waals surface area contributed by atoms with Gasteiger partial charge in [-0.2, -0.15) is 10.2 Å². The standard InChI is InChI=1S/C19H19Cl2N3O4/c1-11-5-7-14(20)15(9-11)22-23-18(12(2)25)19(26)24(21)16-10-13(27-3)6-8-17(16)28-4/h5-10,18H,1-4H3. The highest BCUT2D eigenvalue weighted by Gasteiger charge is 2.30. The predicted octanol–water partition coefficient (Wildman–Crippen LogP) is 4.89. The highest BCUT2D eigenvalue weighted by atomic mass is 35.5. The van der Waals surface area contributed by atoms with Crippen molar-refractivity contribution in [2.75, 3.05) is 18.6 Å². The van der Waals surface area contributed by atoms with Gasteiger partial charge in [0.1, 0.15) is 22.9 Å². The van der Waals surface area contributed by atoms with Gasteiger partial charge in [0, 0.05) is 17.8 Å². The third-order valence-corrected chi connectivity index (χ3v) is 4.46. The Hall–Kier alpha value is -2.64. The van der Waals surface area contributed by atoms with E-state index in [0.29, 0.717) is 22.2 Å². The number of rotatable bonds is 7. The third-order valence-electron chi connectivity index (χ3n) is 3.79. The molecule has 7 nitrogen and oxygen atoms in total. The number of carbonyl (C=O) groups is 2. The zero-order valence-corrected chi connectivity index (χ0v) is 17.3. The molecule has 0 aliphatic heterocycles. The molecule has 2 aromatic rings. The summed E-state index contributed by atoms with van der Waals surface area (Å²) in [4.78, 5) is 24.8. The molecule has 1 atom stereocenters. The lowest BCUT2D eigenvalue weighted by Gasteiger charge is -2.19. The number of halogens is 2. The Morgan fingerprint density at radius 3 is 2.43 bits per heavy atom.